The van der Waals surface area contributed by atoms with Crippen LogP contribution in [-0.4, -0.2) is 29.6 Å². The number of benzene rings is 3. The number of nitrogens with zero attached hydrogens (tertiary/aromatic N) is 1. The van der Waals surface area contributed by atoms with Crippen molar-refractivity contribution in [3.8, 4) is 5.75 Å². The van der Waals surface area contributed by atoms with Gasteiger partial charge in [0.05, 0.1) is 13.2 Å². The Morgan fingerprint density at radius 3 is 2.67 bits per heavy atom. The van der Waals surface area contributed by atoms with Crippen molar-refractivity contribution < 1.29 is 9.53 Å². The summed E-state index contributed by atoms with van der Waals surface area (Å²) >= 11 is 6.28. The molecule has 6 heteroatoms. The molecule has 1 aromatic heterocycles. The molecule has 0 saturated carbocycles. The average Bonchev–Trinajstić information content (AvgIpc) is 3.20. The molecule has 0 unspecified atom stereocenters. The maximum Gasteiger partial charge on any atom is 0.322 e. The number of hydrogen-bond donors (Lipinski definition) is 2. The number of aryl methyl sites for hydroxylation is 1. The summed E-state index contributed by atoms with van der Waals surface area (Å²) in [7, 11) is 1.68. The smallest absolute Gasteiger partial charge is 0.322 e. The number of hydrogen-bond acceptors (Lipinski definition) is 2. The Kier molecular flexibility index (Phi) is 5.51. The van der Waals surface area contributed by atoms with Crippen LogP contribution < -0.4 is 10.1 Å². The van der Waals surface area contributed by atoms with E-state index in [4.69, 9.17) is 16.3 Å². The number of fused-ring (bicyclic) bond motifs is 3. The second kappa shape index (κ2) is 8.49. The van der Waals surface area contributed by atoms with Gasteiger partial charge in [-0.25, -0.2) is 4.79 Å². The van der Waals surface area contributed by atoms with Crippen LogP contribution in [0.4, 0.5) is 10.5 Å². The Bertz CT molecular complexity index is 1340. The van der Waals surface area contributed by atoms with Crippen molar-refractivity contribution in [1.82, 2.24) is 9.88 Å². The number of aromatic nitrogens is 1. The fraction of sp³-hybridized carbons (Fsp3) is 0.222. The predicted molar refractivity (Wildman–Crippen MR) is 133 cm³/mol. The van der Waals surface area contributed by atoms with E-state index < -0.39 is 0 Å². The Labute approximate surface area is 198 Å². The molecule has 33 heavy (non-hydrogen) atoms. The molecule has 2 amide bonds. The Balaban J connectivity index is 1.59. The monoisotopic (exact) mass is 459 g/mol. The number of aromatic amines is 1. The second-order valence-electron chi connectivity index (χ2n) is 8.53. The van der Waals surface area contributed by atoms with E-state index in [0.717, 1.165) is 45.6 Å². The fourth-order valence-corrected chi connectivity index (χ4v) is 4.81. The molecule has 0 aliphatic carbocycles. The first-order valence-corrected chi connectivity index (χ1v) is 11.4. The van der Waals surface area contributed by atoms with Gasteiger partial charge in [-0.3, -0.25) is 0 Å². The largest absolute Gasteiger partial charge is 0.497 e. The standard InChI is InChI=1S/C27H26ClN3O2/c1-16-7-9-18(10-8-16)26-25-20(21-15-19(33-3)11-12-24(21)29-25)13-14-31(26)27(32)30-23-6-4-5-22(28)17(23)2/h4-12,15,26,29H,13-14H2,1-3H3,(H,30,32)/t26-/m0/s1. The number of carbonyl (C=O) groups excluding carboxylic acids is 1. The van der Waals surface area contributed by atoms with E-state index >= 15 is 0 Å². The molecule has 5 nitrogen and oxygen atoms in total. The molecular formula is C27H26ClN3O2. The minimum absolute atomic E-state index is 0.146. The number of ether oxygens (including phenoxy) is 1. The summed E-state index contributed by atoms with van der Waals surface area (Å²) in [5.41, 5.74) is 7.16. The van der Waals surface area contributed by atoms with Crippen LogP contribution in [0, 0.1) is 13.8 Å². The highest BCUT2D eigenvalue weighted by atomic mass is 35.5. The van der Waals surface area contributed by atoms with Crippen LogP contribution in [0.5, 0.6) is 5.75 Å². The quantitative estimate of drug-likeness (QED) is 0.361. The van der Waals surface area contributed by atoms with Crippen LogP contribution in [0.15, 0.2) is 60.7 Å². The number of amides is 2. The zero-order chi connectivity index (χ0) is 23.1. The topological polar surface area (TPSA) is 57.4 Å². The lowest BCUT2D eigenvalue weighted by Gasteiger charge is -2.36. The SMILES string of the molecule is COc1ccc2[nH]c3c(c2c1)CCN(C(=O)Nc1cccc(Cl)c1C)[C@H]3c1ccc(C)cc1. The molecular weight excluding hydrogens is 434 g/mol. The second-order valence-corrected chi connectivity index (χ2v) is 8.94. The third kappa shape index (κ3) is 3.83. The molecule has 0 fully saturated rings. The first-order chi connectivity index (χ1) is 16.0. The molecule has 0 bridgehead atoms. The van der Waals surface area contributed by atoms with Gasteiger partial charge < -0.3 is 19.9 Å². The van der Waals surface area contributed by atoms with Crippen molar-refractivity contribution in [3.63, 3.8) is 0 Å². The molecule has 1 aliphatic heterocycles. The van der Waals surface area contributed by atoms with Crippen molar-refractivity contribution in [1.29, 1.82) is 0 Å². The Morgan fingerprint density at radius 1 is 1.12 bits per heavy atom. The molecule has 0 radical (unpaired) electrons. The summed E-state index contributed by atoms with van der Waals surface area (Å²) < 4.78 is 5.45. The third-order valence-electron chi connectivity index (χ3n) is 6.50. The first kappa shape index (κ1) is 21.4. The highest BCUT2D eigenvalue weighted by Crippen LogP contribution is 2.40. The average molecular weight is 460 g/mol. The number of halogens is 1. The van der Waals surface area contributed by atoms with Crippen LogP contribution in [0.1, 0.15) is 34.0 Å². The van der Waals surface area contributed by atoms with E-state index in [9.17, 15) is 4.79 Å². The maximum atomic E-state index is 13.5. The minimum atomic E-state index is -0.229. The van der Waals surface area contributed by atoms with Gasteiger partial charge in [0.15, 0.2) is 0 Å². The lowest BCUT2D eigenvalue weighted by molar-refractivity contribution is 0.193. The molecule has 0 spiro atoms. The number of carbonyl (C=O) groups is 1. The number of nitrogens with one attached hydrogen (secondary N) is 2. The normalized spacial score (nSPS) is 15.4. The molecule has 2 heterocycles. The number of rotatable bonds is 3. The lowest BCUT2D eigenvalue weighted by atomic mass is 9.92. The van der Waals surface area contributed by atoms with Crippen molar-refractivity contribution in [2.45, 2.75) is 26.3 Å². The van der Waals surface area contributed by atoms with Crippen LogP contribution >= 0.6 is 11.6 Å². The molecule has 5 rings (SSSR count). The van der Waals surface area contributed by atoms with Crippen LogP contribution in [0.25, 0.3) is 10.9 Å². The molecule has 1 aliphatic rings. The summed E-state index contributed by atoms with van der Waals surface area (Å²) in [5, 5.41) is 4.86. The van der Waals surface area contributed by atoms with Gasteiger partial charge in [0.1, 0.15) is 5.75 Å². The molecule has 1 atom stereocenters. The Morgan fingerprint density at radius 2 is 1.91 bits per heavy atom. The summed E-state index contributed by atoms with van der Waals surface area (Å²) in [5.74, 6) is 0.827. The highest BCUT2D eigenvalue weighted by Gasteiger charge is 2.35. The summed E-state index contributed by atoms with van der Waals surface area (Å²) in [4.78, 5) is 19.0. The summed E-state index contributed by atoms with van der Waals surface area (Å²) in [6.07, 6.45) is 0.757. The number of urea groups is 1. The van der Waals surface area contributed by atoms with Gasteiger partial charge in [-0.2, -0.15) is 0 Å². The fourth-order valence-electron chi connectivity index (χ4n) is 4.64. The Hall–Kier alpha value is -3.44. The zero-order valence-corrected chi connectivity index (χ0v) is 19.7. The van der Waals surface area contributed by atoms with Crippen LogP contribution in [0.3, 0.4) is 0 Å². The molecule has 3 aromatic carbocycles. The van der Waals surface area contributed by atoms with Gasteiger partial charge in [-0.05, 0) is 67.3 Å². The van der Waals surface area contributed by atoms with Crippen LogP contribution in [0.2, 0.25) is 5.02 Å². The van der Waals surface area contributed by atoms with Crippen molar-refractivity contribution in [2.24, 2.45) is 0 Å². The first-order valence-electron chi connectivity index (χ1n) is 11.0. The van der Waals surface area contributed by atoms with Gasteiger partial charge in [0.2, 0.25) is 0 Å². The van der Waals surface area contributed by atoms with Crippen molar-refractivity contribution >= 4 is 34.2 Å². The van der Waals surface area contributed by atoms with E-state index in [-0.39, 0.29) is 12.1 Å². The van der Waals surface area contributed by atoms with Crippen molar-refractivity contribution in [3.05, 3.63) is 93.6 Å². The number of methoxy groups -OCH3 is 1. The van der Waals surface area contributed by atoms with Gasteiger partial charge in [0.25, 0.3) is 0 Å². The molecule has 168 valence electrons. The van der Waals surface area contributed by atoms with Gasteiger partial charge in [0, 0.05) is 33.9 Å². The van der Waals surface area contributed by atoms with E-state index in [1.165, 1.54) is 11.1 Å². The van der Waals surface area contributed by atoms with E-state index in [1.54, 1.807) is 7.11 Å². The van der Waals surface area contributed by atoms with Crippen molar-refractivity contribution in [2.75, 3.05) is 19.0 Å². The van der Waals surface area contributed by atoms with Gasteiger partial charge in [-0.15, -0.1) is 0 Å². The molecule has 2 N–H and O–H groups in total. The minimum Gasteiger partial charge on any atom is -0.497 e. The lowest BCUT2D eigenvalue weighted by Crippen LogP contribution is -2.43. The number of anilines is 1. The molecule has 0 saturated heterocycles. The number of H-pyrrole nitrogens is 1. The van der Waals surface area contributed by atoms with Gasteiger partial charge >= 0.3 is 6.03 Å². The van der Waals surface area contributed by atoms with E-state index in [1.807, 2.05) is 42.2 Å². The zero-order valence-electron chi connectivity index (χ0n) is 18.9. The summed E-state index contributed by atoms with van der Waals surface area (Å²) in [6.45, 7) is 4.58. The van der Waals surface area contributed by atoms with Gasteiger partial charge in [-0.1, -0.05) is 47.5 Å². The molecule has 4 aromatic rings. The maximum absolute atomic E-state index is 13.5. The van der Waals surface area contributed by atoms with E-state index in [2.05, 4.69) is 47.6 Å². The predicted octanol–water partition coefficient (Wildman–Crippen LogP) is 6.63. The third-order valence-corrected chi connectivity index (χ3v) is 6.91. The van der Waals surface area contributed by atoms with E-state index in [0.29, 0.717) is 11.6 Å². The summed E-state index contributed by atoms with van der Waals surface area (Å²) in [6, 6.07) is 19.6. The van der Waals surface area contributed by atoms with Crippen LogP contribution in [-0.2, 0) is 6.42 Å². The highest BCUT2D eigenvalue weighted by molar-refractivity contribution is 6.31.